The maximum Gasteiger partial charge on any atom is 0.116 e. The van der Waals surface area contributed by atoms with Gasteiger partial charge in [0.25, 0.3) is 0 Å². The predicted octanol–water partition coefficient (Wildman–Crippen LogP) is 8.27. The quantitative estimate of drug-likeness (QED) is 0.141. The van der Waals surface area contributed by atoms with Crippen LogP contribution in [-0.4, -0.2) is 0 Å². The van der Waals surface area contributed by atoms with Crippen molar-refractivity contribution >= 4 is 46.4 Å². The van der Waals surface area contributed by atoms with E-state index >= 15 is 0 Å². The lowest BCUT2D eigenvalue weighted by molar-refractivity contribution is 0.563. The van der Waals surface area contributed by atoms with Gasteiger partial charge in [0.15, 0.2) is 0 Å². The normalized spacial score (nSPS) is 11.7. The third-order valence-electron chi connectivity index (χ3n) is 8.83. The molecule has 218 valence electrons. The minimum atomic E-state index is -2.10. The second-order valence-corrected chi connectivity index (χ2v) is 18.3. The van der Waals surface area contributed by atoms with E-state index < -0.39 is 14.5 Å². The molecule has 0 fully saturated rings. The van der Waals surface area contributed by atoms with Gasteiger partial charge in [0.05, 0.1) is 12.5 Å². The molecule has 1 aromatic heterocycles. The predicted molar refractivity (Wildman–Crippen MR) is 196 cm³/mol. The van der Waals surface area contributed by atoms with Crippen LogP contribution in [0.1, 0.15) is 11.1 Å². The van der Waals surface area contributed by atoms with Crippen LogP contribution in [0.15, 0.2) is 199 Å². The summed E-state index contributed by atoms with van der Waals surface area (Å²) in [5.74, 6) is 0. The van der Waals surface area contributed by atoms with Crippen molar-refractivity contribution in [1.82, 2.24) is 0 Å². The molecule has 6 aromatic carbocycles. The SMILES string of the molecule is c1ccc([P+](Cc2cocc2C[P+](c2ccccc2)(c2ccccc2)c2ccccc2)(c2ccccc2)c2ccccc2)cc1. The molecule has 0 saturated carbocycles. The molecule has 1 heterocycles. The van der Waals surface area contributed by atoms with Crippen LogP contribution in [0.5, 0.6) is 0 Å². The van der Waals surface area contributed by atoms with E-state index in [0.29, 0.717) is 0 Å². The van der Waals surface area contributed by atoms with Gasteiger partial charge in [-0.15, -0.1) is 0 Å². The first-order chi connectivity index (χ1) is 22.3. The molecule has 0 unspecified atom stereocenters. The molecule has 7 rings (SSSR count). The van der Waals surface area contributed by atoms with Gasteiger partial charge >= 0.3 is 0 Å². The Bertz CT molecular complexity index is 1590. The van der Waals surface area contributed by atoms with Gasteiger partial charge in [-0.1, -0.05) is 109 Å². The van der Waals surface area contributed by atoms with Crippen molar-refractivity contribution in [2.24, 2.45) is 0 Å². The number of furan rings is 1. The zero-order valence-corrected chi connectivity index (χ0v) is 27.0. The van der Waals surface area contributed by atoms with Crippen LogP contribution < -0.4 is 31.8 Å². The van der Waals surface area contributed by atoms with Crippen LogP contribution in [0.4, 0.5) is 0 Å². The second-order valence-electron chi connectivity index (χ2n) is 11.4. The Kier molecular flexibility index (Phi) is 8.57. The minimum Gasteiger partial charge on any atom is -0.472 e. The number of benzene rings is 6. The van der Waals surface area contributed by atoms with E-state index in [1.165, 1.54) is 43.0 Å². The summed E-state index contributed by atoms with van der Waals surface area (Å²) in [5.41, 5.74) is 2.57. The highest BCUT2D eigenvalue weighted by Gasteiger charge is 2.49. The summed E-state index contributed by atoms with van der Waals surface area (Å²) in [4.78, 5) is 0. The van der Waals surface area contributed by atoms with Gasteiger partial charge in [0, 0.05) is 11.1 Å². The molecule has 0 bridgehead atoms. The molecule has 45 heavy (non-hydrogen) atoms. The van der Waals surface area contributed by atoms with Gasteiger partial charge in [0.1, 0.15) is 58.7 Å². The van der Waals surface area contributed by atoms with Crippen molar-refractivity contribution in [3.05, 3.63) is 206 Å². The molecule has 1 nitrogen and oxygen atoms in total. The van der Waals surface area contributed by atoms with E-state index in [9.17, 15) is 0 Å². The zero-order chi connectivity index (χ0) is 30.4. The van der Waals surface area contributed by atoms with Crippen molar-refractivity contribution in [3.63, 3.8) is 0 Å². The summed E-state index contributed by atoms with van der Waals surface area (Å²) in [6, 6.07) is 66.8. The Balaban J connectivity index is 1.44. The Morgan fingerprint density at radius 3 is 0.689 bits per heavy atom. The molecule has 0 aliphatic carbocycles. The Labute approximate surface area is 267 Å². The van der Waals surface area contributed by atoms with E-state index in [1.807, 2.05) is 12.5 Å². The highest BCUT2D eigenvalue weighted by molar-refractivity contribution is 7.95. The monoisotopic (exact) mass is 618 g/mol. The van der Waals surface area contributed by atoms with Crippen molar-refractivity contribution < 1.29 is 4.42 Å². The molecule has 0 aliphatic heterocycles. The molecule has 0 radical (unpaired) electrons. The van der Waals surface area contributed by atoms with E-state index in [-0.39, 0.29) is 0 Å². The average Bonchev–Trinajstić information content (AvgIpc) is 3.57. The van der Waals surface area contributed by atoms with Crippen LogP contribution in [-0.2, 0) is 12.3 Å². The highest BCUT2D eigenvalue weighted by atomic mass is 31.2. The first kappa shape index (κ1) is 29.2. The molecule has 0 atom stereocenters. The zero-order valence-electron chi connectivity index (χ0n) is 25.2. The summed E-state index contributed by atoms with van der Waals surface area (Å²) in [6.45, 7) is 0. The number of rotatable bonds is 10. The molecule has 0 saturated heterocycles. The molecule has 0 N–H and O–H groups in total. The number of hydrogen-bond acceptors (Lipinski definition) is 1. The Morgan fingerprint density at radius 2 is 0.489 bits per heavy atom. The van der Waals surface area contributed by atoms with Crippen molar-refractivity contribution in [2.45, 2.75) is 12.3 Å². The lowest BCUT2D eigenvalue weighted by Gasteiger charge is -2.29. The van der Waals surface area contributed by atoms with Crippen molar-refractivity contribution in [3.8, 4) is 0 Å². The Morgan fingerprint density at radius 1 is 0.289 bits per heavy atom. The fourth-order valence-electron chi connectivity index (χ4n) is 6.68. The second kappa shape index (κ2) is 13.2. The smallest absolute Gasteiger partial charge is 0.116 e. The van der Waals surface area contributed by atoms with Gasteiger partial charge in [-0.25, -0.2) is 0 Å². The highest BCUT2D eigenvalue weighted by Crippen LogP contribution is 2.61. The minimum absolute atomic E-state index is 0.884. The van der Waals surface area contributed by atoms with Crippen LogP contribution in [0, 0.1) is 0 Å². The largest absolute Gasteiger partial charge is 0.472 e. The first-order valence-corrected chi connectivity index (χ1v) is 19.4. The first-order valence-electron chi connectivity index (χ1n) is 15.4. The van der Waals surface area contributed by atoms with Crippen LogP contribution in [0.2, 0.25) is 0 Å². The Hall–Kier alpha value is -4.54. The topological polar surface area (TPSA) is 13.1 Å². The summed E-state index contributed by atoms with van der Waals surface area (Å²) in [7, 11) is -4.20. The van der Waals surface area contributed by atoms with Gasteiger partial charge in [-0.05, 0) is 72.8 Å². The van der Waals surface area contributed by atoms with Gasteiger partial charge < -0.3 is 4.42 Å². The third kappa shape index (κ3) is 5.60. The summed E-state index contributed by atoms with van der Waals surface area (Å²) in [5, 5.41) is 8.28. The van der Waals surface area contributed by atoms with Crippen LogP contribution in [0.25, 0.3) is 0 Å². The van der Waals surface area contributed by atoms with E-state index in [0.717, 1.165) is 12.3 Å². The van der Waals surface area contributed by atoms with E-state index in [2.05, 4.69) is 182 Å². The molecule has 0 amide bonds. The lowest BCUT2D eigenvalue weighted by atomic mass is 10.2. The lowest BCUT2D eigenvalue weighted by Crippen LogP contribution is -2.33. The van der Waals surface area contributed by atoms with Gasteiger partial charge in [-0.2, -0.15) is 0 Å². The average molecular weight is 619 g/mol. The fourth-order valence-corrected chi connectivity index (χ4v) is 15.2. The summed E-state index contributed by atoms with van der Waals surface area (Å²) in [6.07, 6.45) is 5.81. The third-order valence-corrected chi connectivity index (χ3v) is 17.5. The standard InChI is InChI=1S/C42H36OP2/c1-7-19-37(20-8-1)44(38-21-9-2-10-22-38,39-23-11-3-12-24-39)33-35-31-43-32-36(35)34-45(40-25-13-4-14-26-40,41-27-15-5-16-28-41)42-29-17-6-18-30-42/h1-32H,33-34H2/q+2. The molecular formula is C42H36OP2+2. The molecule has 0 aliphatic rings. The molecular weight excluding hydrogens is 582 g/mol. The maximum absolute atomic E-state index is 6.19. The molecule has 0 spiro atoms. The van der Waals surface area contributed by atoms with Gasteiger partial charge in [0.2, 0.25) is 0 Å². The van der Waals surface area contributed by atoms with Crippen molar-refractivity contribution in [2.75, 3.05) is 0 Å². The van der Waals surface area contributed by atoms with Gasteiger partial charge in [-0.3, -0.25) is 0 Å². The van der Waals surface area contributed by atoms with Crippen molar-refractivity contribution in [1.29, 1.82) is 0 Å². The summed E-state index contributed by atoms with van der Waals surface area (Å²) >= 11 is 0. The van der Waals surface area contributed by atoms with E-state index in [1.54, 1.807) is 0 Å². The molecule has 7 aromatic rings. The summed E-state index contributed by atoms with van der Waals surface area (Å²) < 4.78 is 6.19. The fraction of sp³-hybridized carbons (Fsp3) is 0.0476. The van der Waals surface area contributed by atoms with E-state index in [4.69, 9.17) is 4.42 Å². The van der Waals surface area contributed by atoms with Crippen LogP contribution >= 0.6 is 14.5 Å². The number of hydrogen-bond donors (Lipinski definition) is 0. The van der Waals surface area contributed by atoms with Crippen LogP contribution in [0.3, 0.4) is 0 Å². The molecule has 3 heteroatoms. The maximum atomic E-state index is 6.19.